The molecule has 1 aromatic heterocycles. The van der Waals surface area contributed by atoms with Crippen molar-refractivity contribution in [1.29, 1.82) is 0 Å². The molecule has 0 spiro atoms. The monoisotopic (exact) mass is 282 g/mol. The Kier molecular flexibility index (Phi) is 3.83. The van der Waals surface area contributed by atoms with Crippen molar-refractivity contribution >= 4 is 11.5 Å². The topological polar surface area (TPSA) is 63.8 Å². The first kappa shape index (κ1) is 12.9. The van der Waals surface area contributed by atoms with Crippen molar-refractivity contribution < 1.29 is 0 Å². The maximum Gasteiger partial charge on any atom is 0.0834 e. The molecule has 0 fully saturated rings. The second-order valence-electron chi connectivity index (χ2n) is 4.41. The number of hydrazine groups is 1. The molecule has 2 aromatic carbocycles. The SMILES string of the molecule is NNC(c1ccc(-c2ccccc2)cc1)c1cnns1. The van der Waals surface area contributed by atoms with Gasteiger partial charge in [-0.2, -0.15) is 0 Å². The molecule has 100 valence electrons. The molecule has 3 rings (SSSR count). The molecule has 0 aliphatic heterocycles. The highest BCUT2D eigenvalue weighted by Gasteiger charge is 2.14. The fraction of sp³-hybridized carbons (Fsp3) is 0.0667. The van der Waals surface area contributed by atoms with Crippen LogP contribution in [-0.4, -0.2) is 9.59 Å². The van der Waals surface area contributed by atoms with Crippen LogP contribution in [0.3, 0.4) is 0 Å². The van der Waals surface area contributed by atoms with Crippen LogP contribution in [0.4, 0.5) is 0 Å². The fourth-order valence-electron chi connectivity index (χ4n) is 2.14. The molecule has 1 atom stereocenters. The van der Waals surface area contributed by atoms with Crippen molar-refractivity contribution in [1.82, 2.24) is 15.0 Å². The van der Waals surface area contributed by atoms with Crippen molar-refractivity contribution in [2.75, 3.05) is 0 Å². The number of rotatable bonds is 4. The third kappa shape index (κ3) is 2.60. The molecule has 0 amide bonds. The summed E-state index contributed by atoms with van der Waals surface area (Å²) in [4.78, 5) is 1.000. The van der Waals surface area contributed by atoms with Crippen molar-refractivity contribution in [2.24, 2.45) is 5.84 Å². The highest BCUT2D eigenvalue weighted by Crippen LogP contribution is 2.26. The summed E-state index contributed by atoms with van der Waals surface area (Å²) in [6.07, 6.45) is 1.74. The number of nitrogens with zero attached hydrogens (tertiary/aromatic N) is 2. The van der Waals surface area contributed by atoms with Gasteiger partial charge >= 0.3 is 0 Å². The number of hydrogen-bond donors (Lipinski definition) is 2. The number of benzene rings is 2. The van der Waals surface area contributed by atoms with Gasteiger partial charge < -0.3 is 0 Å². The molecule has 0 aliphatic rings. The first-order valence-corrected chi connectivity index (χ1v) is 7.04. The second-order valence-corrected chi connectivity index (χ2v) is 5.22. The zero-order valence-electron chi connectivity index (χ0n) is 10.7. The minimum Gasteiger partial charge on any atom is -0.271 e. The van der Waals surface area contributed by atoms with Gasteiger partial charge in [0.25, 0.3) is 0 Å². The Hall–Kier alpha value is -2.08. The summed E-state index contributed by atoms with van der Waals surface area (Å²) in [6.45, 7) is 0. The molecule has 0 saturated heterocycles. The lowest BCUT2D eigenvalue weighted by Gasteiger charge is -2.14. The molecule has 0 saturated carbocycles. The summed E-state index contributed by atoms with van der Waals surface area (Å²) in [6, 6.07) is 18.6. The van der Waals surface area contributed by atoms with Crippen LogP contribution in [0.2, 0.25) is 0 Å². The maximum absolute atomic E-state index is 5.65. The summed E-state index contributed by atoms with van der Waals surface area (Å²) in [7, 11) is 0. The zero-order valence-corrected chi connectivity index (χ0v) is 11.5. The van der Waals surface area contributed by atoms with Gasteiger partial charge in [-0.05, 0) is 28.2 Å². The lowest BCUT2D eigenvalue weighted by molar-refractivity contribution is 0.645. The van der Waals surface area contributed by atoms with Crippen LogP contribution in [0.1, 0.15) is 16.5 Å². The van der Waals surface area contributed by atoms with Gasteiger partial charge in [-0.3, -0.25) is 5.84 Å². The van der Waals surface area contributed by atoms with Crippen LogP contribution in [0.5, 0.6) is 0 Å². The first-order chi connectivity index (χ1) is 9.88. The largest absolute Gasteiger partial charge is 0.271 e. The molecule has 1 unspecified atom stereocenters. The van der Waals surface area contributed by atoms with Crippen molar-refractivity contribution in [3.8, 4) is 11.1 Å². The van der Waals surface area contributed by atoms with E-state index in [1.807, 2.05) is 18.2 Å². The number of nitrogens with two attached hydrogens (primary N) is 1. The highest BCUT2D eigenvalue weighted by molar-refractivity contribution is 7.05. The summed E-state index contributed by atoms with van der Waals surface area (Å²) in [5, 5.41) is 3.85. The molecule has 4 nitrogen and oxygen atoms in total. The predicted molar refractivity (Wildman–Crippen MR) is 81.0 cm³/mol. The molecule has 0 radical (unpaired) electrons. The molecule has 0 aliphatic carbocycles. The third-order valence-electron chi connectivity index (χ3n) is 3.18. The Morgan fingerprint density at radius 3 is 2.25 bits per heavy atom. The minimum atomic E-state index is -0.0696. The van der Waals surface area contributed by atoms with Gasteiger partial charge in [-0.25, -0.2) is 5.43 Å². The number of aromatic nitrogens is 2. The van der Waals surface area contributed by atoms with Crippen LogP contribution < -0.4 is 11.3 Å². The number of nitrogens with one attached hydrogen (secondary N) is 1. The van der Waals surface area contributed by atoms with Crippen LogP contribution in [0.15, 0.2) is 60.8 Å². The maximum atomic E-state index is 5.65. The van der Waals surface area contributed by atoms with E-state index >= 15 is 0 Å². The highest BCUT2D eigenvalue weighted by atomic mass is 32.1. The normalized spacial score (nSPS) is 12.2. The van der Waals surface area contributed by atoms with Gasteiger partial charge in [0.05, 0.1) is 17.1 Å². The zero-order chi connectivity index (χ0) is 13.8. The summed E-state index contributed by atoms with van der Waals surface area (Å²) < 4.78 is 3.88. The fourth-order valence-corrected chi connectivity index (χ4v) is 2.74. The first-order valence-electron chi connectivity index (χ1n) is 6.27. The predicted octanol–water partition coefficient (Wildman–Crippen LogP) is 2.76. The second kappa shape index (κ2) is 5.92. The Bertz CT molecular complexity index is 650. The molecular formula is C15H14N4S. The van der Waals surface area contributed by atoms with E-state index in [1.54, 1.807) is 6.20 Å². The average Bonchev–Trinajstić information content (AvgIpc) is 3.04. The summed E-state index contributed by atoms with van der Waals surface area (Å²) in [5.74, 6) is 5.65. The van der Waals surface area contributed by atoms with E-state index in [-0.39, 0.29) is 6.04 Å². The molecule has 3 N–H and O–H groups in total. The quantitative estimate of drug-likeness (QED) is 0.570. The van der Waals surface area contributed by atoms with E-state index < -0.39 is 0 Å². The van der Waals surface area contributed by atoms with E-state index in [0.717, 1.165) is 10.4 Å². The molecular weight excluding hydrogens is 268 g/mol. The van der Waals surface area contributed by atoms with E-state index in [9.17, 15) is 0 Å². The Labute approximate surface area is 121 Å². The van der Waals surface area contributed by atoms with Crippen molar-refractivity contribution in [3.63, 3.8) is 0 Å². The van der Waals surface area contributed by atoms with Crippen LogP contribution in [-0.2, 0) is 0 Å². The minimum absolute atomic E-state index is 0.0696. The Balaban J connectivity index is 1.89. The van der Waals surface area contributed by atoms with Crippen LogP contribution in [0.25, 0.3) is 11.1 Å². The van der Waals surface area contributed by atoms with Gasteiger partial charge in [0.2, 0.25) is 0 Å². The van der Waals surface area contributed by atoms with Crippen LogP contribution >= 0.6 is 11.5 Å². The third-order valence-corrected chi connectivity index (χ3v) is 3.91. The van der Waals surface area contributed by atoms with E-state index in [1.165, 1.54) is 22.7 Å². The van der Waals surface area contributed by atoms with E-state index in [0.29, 0.717) is 0 Å². The number of hydrogen-bond acceptors (Lipinski definition) is 5. The van der Waals surface area contributed by atoms with Gasteiger partial charge in [-0.1, -0.05) is 59.1 Å². The van der Waals surface area contributed by atoms with E-state index in [2.05, 4.69) is 51.4 Å². The molecule has 3 aromatic rings. The smallest absolute Gasteiger partial charge is 0.0834 e. The van der Waals surface area contributed by atoms with Crippen molar-refractivity contribution in [3.05, 3.63) is 71.2 Å². The van der Waals surface area contributed by atoms with Gasteiger partial charge in [-0.15, -0.1) is 5.10 Å². The lowest BCUT2D eigenvalue weighted by atomic mass is 10.0. The summed E-state index contributed by atoms with van der Waals surface area (Å²) >= 11 is 1.35. The molecule has 5 heteroatoms. The standard InChI is InChI=1S/C15H14N4S/c16-18-15(14-10-17-19-20-14)13-8-6-12(7-9-13)11-4-2-1-3-5-11/h1-10,15,18H,16H2. The molecule has 0 bridgehead atoms. The van der Waals surface area contributed by atoms with Gasteiger partial charge in [0, 0.05) is 0 Å². The van der Waals surface area contributed by atoms with Crippen LogP contribution in [0, 0.1) is 0 Å². The Morgan fingerprint density at radius 1 is 0.950 bits per heavy atom. The lowest BCUT2D eigenvalue weighted by Crippen LogP contribution is -2.28. The molecule has 20 heavy (non-hydrogen) atoms. The summed E-state index contributed by atoms with van der Waals surface area (Å²) in [5.41, 5.74) is 6.30. The van der Waals surface area contributed by atoms with Crippen molar-refractivity contribution in [2.45, 2.75) is 6.04 Å². The Morgan fingerprint density at radius 2 is 1.65 bits per heavy atom. The molecule has 1 heterocycles. The van der Waals surface area contributed by atoms with E-state index in [4.69, 9.17) is 5.84 Å². The van der Waals surface area contributed by atoms with Gasteiger partial charge in [0.15, 0.2) is 0 Å². The van der Waals surface area contributed by atoms with Gasteiger partial charge in [0.1, 0.15) is 0 Å². The average molecular weight is 282 g/mol.